The molecular weight excluding hydrogens is 342 g/mol. The zero-order chi connectivity index (χ0) is 17.8. The van der Waals surface area contributed by atoms with Crippen molar-refractivity contribution in [3.63, 3.8) is 0 Å². The van der Waals surface area contributed by atoms with Crippen LogP contribution in [0.25, 0.3) is 10.2 Å². The van der Waals surface area contributed by atoms with Crippen molar-refractivity contribution in [3.8, 4) is 0 Å². The molecule has 1 saturated heterocycles. The molecule has 2 aromatic rings. The number of carbonyl (C=O) groups excluding carboxylic acids is 1. The number of hydrogen-bond acceptors (Lipinski definition) is 4. The highest BCUT2D eigenvalue weighted by molar-refractivity contribution is 7.18. The van der Waals surface area contributed by atoms with Gasteiger partial charge in [0.15, 0.2) is 0 Å². The van der Waals surface area contributed by atoms with Crippen LogP contribution in [-0.4, -0.2) is 52.9 Å². The molecule has 1 aliphatic heterocycles. The molecule has 5 heteroatoms. The van der Waals surface area contributed by atoms with Gasteiger partial charge in [0.05, 0.1) is 15.2 Å². The third-order valence-corrected chi connectivity index (χ3v) is 6.97. The summed E-state index contributed by atoms with van der Waals surface area (Å²) in [7, 11) is 0. The van der Waals surface area contributed by atoms with E-state index in [0.717, 1.165) is 57.0 Å². The number of hydrogen-bond donors (Lipinski definition) is 0. The van der Waals surface area contributed by atoms with E-state index in [2.05, 4.69) is 33.0 Å². The molecule has 1 aromatic heterocycles. The number of carbonyl (C=O) groups is 1. The van der Waals surface area contributed by atoms with E-state index in [1.165, 1.54) is 35.4 Å². The summed E-state index contributed by atoms with van der Waals surface area (Å²) in [6.07, 6.45) is 9.19. The van der Waals surface area contributed by atoms with Crippen molar-refractivity contribution in [3.05, 3.63) is 29.3 Å². The number of piperazine rings is 1. The molecule has 2 aliphatic rings. The van der Waals surface area contributed by atoms with Gasteiger partial charge >= 0.3 is 0 Å². The normalized spacial score (nSPS) is 19.5. The van der Waals surface area contributed by atoms with Gasteiger partial charge in [-0.2, -0.15) is 0 Å². The van der Waals surface area contributed by atoms with Crippen LogP contribution < -0.4 is 0 Å². The first-order valence-corrected chi connectivity index (χ1v) is 11.0. The molecule has 0 N–H and O–H groups in total. The van der Waals surface area contributed by atoms with Crippen LogP contribution in [-0.2, 0) is 11.2 Å². The van der Waals surface area contributed by atoms with E-state index in [9.17, 15) is 4.79 Å². The molecular formula is C21H29N3OS. The Labute approximate surface area is 160 Å². The topological polar surface area (TPSA) is 36.4 Å². The van der Waals surface area contributed by atoms with Crippen LogP contribution in [0.4, 0.5) is 0 Å². The predicted octanol–water partition coefficient (Wildman–Crippen LogP) is 4.10. The van der Waals surface area contributed by atoms with Crippen LogP contribution >= 0.6 is 11.3 Å². The van der Waals surface area contributed by atoms with E-state index in [4.69, 9.17) is 0 Å². The summed E-state index contributed by atoms with van der Waals surface area (Å²) in [4.78, 5) is 21.9. The zero-order valence-corrected chi connectivity index (χ0v) is 16.3. The lowest BCUT2D eigenvalue weighted by atomic mass is 10.1. The molecule has 4 rings (SSSR count). The van der Waals surface area contributed by atoms with Crippen molar-refractivity contribution in [2.24, 2.45) is 0 Å². The summed E-state index contributed by atoms with van der Waals surface area (Å²) in [5, 5.41) is 1.20. The lowest BCUT2D eigenvalue weighted by Crippen LogP contribution is -2.51. The Balaban J connectivity index is 1.16. The van der Waals surface area contributed by atoms with Gasteiger partial charge in [-0.15, -0.1) is 11.3 Å². The van der Waals surface area contributed by atoms with Crippen LogP contribution in [0.1, 0.15) is 50.0 Å². The van der Waals surface area contributed by atoms with Crippen LogP contribution in [0.3, 0.4) is 0 Å². The number of thiazole rings is 1. The molecule has 0 radical (unpaired) electrons. The Morgan fingerprint density at radius 1 is 1.08 bits per heavy atom. The summed E-state index contributed by atoms with van der Waals surface area (Å²) >= 11 is 1.78. The minimum Gasteiger partial charge on any atom is -0.340 e. The van der Waals surface area contributed by atoms with E-state index < -0.39 is 0 Å². The minimum atomic E-state index is 0.348. The molecule has 0 spiro atoms. The molecule has 0 unspecified atom stereocenters. The second-order valence-electron chi connectivity index (χ2n) is 7.64. The Hall–Kier alpha value is -1.46. The zero-order valence-electron chi connectivity index (χ0n) is 15.5. The summed E-state index contributed by atoms with van der Waals surface area (Å²) in [5.41, 5.74) is 1.10. The smallest absolute Gasteiger partial charge is 0.222 e. The Morgan fingerprint density at radius 2 is 1.85 bits per heavy atom. The standard InChI is InChI=1S/C21H29N3OS/c25-21(24-15-13-23(14-16-24)17-7-1-2-8-17)12-6-5-11-20-22-18-9-3-4-10-19(18)26-20/h3-4,9-10,17H,1-2,5-8,11-16H2. The predicted molar refractivity (Wildman–Crippen MR) is 108 cm³/mol. The largest absolute Gasteiger partial charge is 0.340 e. The lowest BCUT2D eigenvalue weighted by Gasteiger charge is -2.38. The summed E-state index contributed by atoms with van der Waals surface area (Å²) in [5.74, 6) is 0.348. The van der Waals surface area contributed by atoms with Crippen LogP contribution in [0.2, 0.25) is 0 Å². The number of aromatic nitrogens is 1. The molecule has 1 amide bonds. The van der Waals surface area contributed by atoms with E-state index >= 15 is 0 Å². The molecule has 2 fully saturated rings. The number of nitrogens with zero attached hydrogens (tertiary/aromatic N) is 3. The number of aryl methyl sites for hydroxylation is 1. The van der Waals surface area contributed by atoms with Crippen molar-refractivity contribution in [1.29, 1.82) is 0 Å². The molecule has 4 nitrogen and oxygen atoms in total. The quantitative estimate of drug-likeness (QED) is 0.718. The summed E-state index contributed by atoms with van der Waals surface area (Å²) in [6, 6.07) is 9.10. The third-order valence-electron chi connectivity index (χ3n) is 5.88. The second-order valence-corrected chi connectivity index (χ2v) is 8.75. The number of unbranched alkanes of at least 4 members (excludes halogenated alkanes) is 1. The number of fused-ring (bicyclic) bond motifs is 1. The number of para-hydroxylation sites is 1. The third kappa shape index (κ3) is 4.26. The van der Waals surface area contributed by atoms with Gasteiger partial charge in [-0.05, 0) is 44.2 Å². The van der Waals surface area contributed by atoms with Crippen LogP contribution in [0.15, 0.2) is 24.3 Å². The summed E-state index contributed by atoms with van der Waals surface area (Å²) in [6.45, 7) is 3.99. The Bertz CT molecular complexity index is 697. The fourth-order valence-corrected chi connectivity index (χ4v) is 5.35. The maximum absolute atomic E-state index is 12.5. The van der Waals surface area contributed by atoms with E-state index in [1.807, 2.05) is 6.07 Å². The molecule has 0 atom stereocenters. The van der Waals surface area contributed by atoms with Crippen molar-refractivity contribution in [2.75, 3.05) is 26.2 Å². The lowest BCUT2D eigenvalue weighted by molar-refractivity contribution is -0.133. The average molecular weight is 372 g/mol. The molecule has 1 aliphatic carbocycles. The average Bonchev–Trinajstić information content (AvgIpc) is 3.34. The van der Waals surface area contributed by atoms with Gasteiger partial charge in [0.25, 0.3) is 0 Å². The Kier molecular flexibility index (Phi) is 5.85. The highest BCUT2D eigenvalue weighted by Crippen LogP contribution is 2.25. The number of benzene rings is 1. The first kappa shape index (κ1) is 17.9. The highest BCUT2D eigenvalue weighted by Gasteiger charge is 2.27. The van der Waals surface area contributed by atoms with Crippen molar-refractivity contribution in [2.45, 2.75) is 57.4 Å². The number of amides is 1. The Morgan fingerprint density at radius 3 is 2.62 bits per heavy atom. The molecule has 0 bridgehead atoms. The van der Waals surface area contributed by atoms with Gasteiger partial charge < -0.3 is 4.90 Å². The van der Waals surface area contributed by atoms with Gasteiger partial charge in [0.1, 0.15) is 0 Å². The van der Waals surface area contributed by atoms with Crippen molar-refractivity contribution < 1.29 is 4.79 Å². The number of rotatable bonds is 6. The fraction of sp³-hybridized carbons (Fsp3) is 0.619. The first-order chi connectivity index (χ1) is 12.8. The van der Waals surface area contributed by atoms with Gasteiger partial charge in [-0.3, -0.25) is 9.69 Å². The fourth-order valence-electron chi connectivity index (χ4n) is 4.34. The van der Waals surface area contributed by atoms with Gasteiger partial charge in [0.2, 0.25) is 5.91 Å². The van der Waals surface area contributed by atoms with E-state index in [0.29, 0.717) is 12.3 Å². The van der Waals surface area contributed by atoms with Crippen LogP contribution in [0, 0.1) is 0 Å². The molecule has 26 heavy (non-hydrogen) atoms. The van der Waals surface area contributed by atoms with Crippen molar-refractivity contribution in [1.82, 2.24) is 14.8 Å². The highest BCUT2D eigenvalue weighted by atomic mass is 32.1. The minimum absolute atomic E-state index is 0.348. The van der Waals surface area contributed by atoms with Crippen molar-refractivity contribution >= 4 is 27.5 Å². The van der Waals surface area contributed by atoms with Crippen LogP contribution in [0.5, 0.6) is 0 Å². The van der Waals surface area contributed by atoms with Gasteiger partial charge in [-0.1, -0.05) is 25.0 Å². The van der Waals surface area contributed by atoms with E-state index in [1.54, 1.807) is 11.3 Å². The molecule has 2 heterocycles. The van der Waals surface area contributed by atoms with Gasteiger partial charge in [-0.25, -0.2) is 4.98 Å². The first-order valence-electron chi connectivity index (χ1n) is 10.2. The second kappa shape index (κ2) is 8.49. The summed E-state index contributed by atoms with van der Waals surface area (Å²) < 4.78 is 1.26. The van der Waals surface area contributed by atoms with E-state index in [-0.39, 0.29) is 0 Å². The maximum atomic E-state index is 12.5. The monoisotopic (exact) mass is 371 g/mol. The SMILES string of the molecule is O=C(CCCCc1nc2ccccc2s1)N1CCN(C2CCCC2)CC1. The molecule has 1 saturated carbocycles. The molecule has 1 aromatic carbocycles. The molecule has 140 valence electrons. The van der Waals surface area contributed by atoms with Gasteiger partial charge in [0, 0.05) is 38.6 Å². The maximum Gasteiger partial charge on any atom is 0.222 e.